The molecule has 0 saturated heterocycles. The predicted molar refractivity (Wildman–Crippen MR) is 124 cm³/mol. The first-order valence-electron chi connectivity index (χ1n) is 9.85. The molecule has 2 aromatic carbocycles. The fourth-order valence-electron chi connectivity index (χ4n) is 3.32. The maximum atomic E-state index is 12.7. The van der Waals surface area contributed by atoms with E-state index in [4.69, 9.17) is 4.42 Å². The average molecular weight is 471 g/mol. The molecule has 1 aromatic heterocycles. The molecular weight excluding hydrogens is 444 g/mol. The number of hydrogen-bond donors (Lipinski definition) is 1. The van der Waals surface area contributed by atoms with Crippen LogP contribution in [0.2, 0.25) is 0 Å². The van der Waals surface area contributed by atoms with E-state index in [2.05, 4.69) is 71.2 Å². The van der Waals surface area contributed by atoms with Crippen molar-refractivity contribution in [2.24, 2.45) is 0 Å². The van der Waals surface area contributed by atoms with Gasteiger partial charge in [0.15, 0.2) is 11.2 Å². The van der Waals surface area contributed by atoms with Gasteiger partial charge in [0.25, 0.3) is 5.91 Å². The number of rotatable bonds is 5. The standard InChI is InChI=1S/C24H27BrN2O3/c1-24(2,3)16-8-6-15(7-9-16)19(27(4)5)14-26-23(29)22-13-20(28)18-11-10-17(25)12-21(18)30-22/h6-13,19H,14H2,1-5H3,(H,26,29)/t19-/m1/s1. The summed E-state index contributed by atoms with van der Waals surface area (Å²) in [6, 6.07) is 14.8. The van der Waals surface area contributed by atoms with Crippen LogP contribution in [0.4, 0.5) is 0 Å². The summed E-state index contributed by atoms with van der Waals surface area (Å²) in [4.78, 5) is 27.1. The van der Waals surface area contributed by atoms with Gasteiger partial charge in [0, 0.05) is 17.1 Å². The van der Waals surface area contributed by atoms with Crippen molar-refractivity contribution < 1.29 is 9.21 Å². The molecule has 0 fully saturated rings. The highest BCUT2D eigenvalue weighted by molar-refractivity contribution is 9.10. The van der Waals surface area contributed by atoms with E-state index >= 15 is 0 Å². The van der Waals surface area contributed by atoms with Crippen molar-refractivity contribution in [3.8, 4) is 0 Å². The van der Waals surface area contributed by atoms with Gasteiger partial charge in [0.05, 0.1) is 11.4 Å². The first-order valence-corrected chi connectivity index (χ1v) is 10.6. The lowest BCUT2D eigenvalue weighted by molar-refractivity contribution is 0.0914. The number of hydrogen-bond acceptors (Lipinski definition) is 4. The SMILES string of the molecule is CN(C)[C@H](CNC(=O)c1cc(=O)c2ccc(Br)cc2o1)c1ccc(C(C)(C)C)cc1. The molecule has 1 N–H and O–H groups in total. The van der Waals surface area contributed by atoms with Crippen LogP contribution in [0, 0.1) is 0 Å². The first-order chi connectivity index (χ1) is 14.1. The van der Waals surface area contributed by atoms with E-state index in [1.54, 1.807) is 18.2 Å². The van der Waals surface area contributed by atoms with Crippen molar-refractivity contribution in [1.82, 2.24) is 10.2 Å². The van der Waals surface area contributed by atoms with Crippen LogP contribution in [0.25, 0.3) is 11.0 Å². The van der Waals surface area contributed by atoms with Crippen molar-refractivity contribution in [1.29, 1.82) is 0 Å². The van der Waals surface area contributed by atoms with Crippen LogP contribution in [-0.4, -0.2) is 31.4 Å². The number of carbonyl (C=O) groups is 1. The molecule has 1 atom stereocenters. The summed E-state index contributed by atoms with van der Waals surface area (Å²) in [6.07, 6.45) is 0. The Hall–Kier alpha value is -2.44. The molecule has 6 heteroatoms. The van der Waals surface area contributed by atoms with E-state index < -0.39 is 5.91 Å². The molecule has 5 nitrogen and oxygen atoms in total. The van der Waals surface area contributed by atoms with Crippen LogP contribution in [0.1, 0.15) is 48.5 Å². The Morgan fingerprint density at radius 2 is 1.77 bits per heavy atom. The highest BCUT2D eigenvalue weighted by Gasteiger charge is 2.19. The molecular formula is C24H27BrN2O3. The maximum Gasteiger partial charge on any atom is 0.287 e. The van der Waals surface area contributed by atoms with Gasteiger partial charge in [-0.05, 0) is 48.8 Å². The molecule has 1 amide bonds. The van der Waals surface area contributed by atoms with Gasteiger partial charge < -0.3 is 14.6 Å². The molecule has 0 spiro atoms. The lowest BCUT2D eigenvalue weighted by Crippen LogP contribution is -2.34. The summed E-state index contributed by atoms with van der Waals surface area (Å²) in [5.74, 6) is -0.404. The minimum atomic E-state index is -0.410. The molecule has 3 rings (SSSR count). The number of nitrogens with zero attached hydrogens (tertiary/aromatic N) is 1. The van der Waals surface area contributed by atoms with Crippen molar-refractivity contribution in [3.63, 3.8) is 0 Å². The molecule has 0 radical (unpaired) electrons. The van der Waals surface area contributed by atoms with E-state index in [0.717, 1.165) is 10.0 Å². The minimum absolute atomic E-state index is 0.00573. The fraction of sp³-hybridized carbons (Fsp3) is 0.333. The highest BCUT2D eigenvalue weighted by atomic mass is 79.9. The second kappa shape index (κ2) is 8.74. The third kappa shape index (κ3) is 4.99. The molecule has 0 aliphatic rings. The smallest absolute Gasteiger partial charge is 0.287 e. The topological polar surface area (TPSA) is 62.6 Å². The van der Waals surface area contributed by atoms with Gasteiger partial charge in [0.2, 0.25) is 0 Å². The van der Waals surface area contributed by atoms with Gasteiger partial charge in [-0.3, -0.25) is 9.59 Å². The van der Waals surface area contributed by atoms with Crippen molar-refractivity contribution >= 4 is 32.8 Å². The van der Waals surface area contributed by atoms with E-state index in [1.807, 2.05) is 14.1 Å². The minimum Gasteiger partial charge on any atom is -0.451 e. The zero-order valence-electron chi connectivity index (χ0n) is 18.0. The molecule has 0 aliphatic heterocycles. The fourth-order valence-corrected chi connectivity index (χ4v) is 3.66. The first kappa shape index (κ1) is 22.2. The van der Waals surface area contributed by atoms with Crippen LogP contribution in [0.15, 0.2) is 62.2 Å². The summed E-state index contributed by atoms with van der Waals surface area (Å²) >= 11 is 3.36. The van der Waals surface area contributed by atoms with E-state index in [9.17, 15) is 9.59 Å². The summed E-state index contributed by atoms with van der Waals surface area (Å²) < 4.78 is 6.46. The Kier molecular flexibility index (Phi) is 6.48. The molecule has 1 heterocycles. The predicted octanol–water partition coefficient (Wildman–Crippen LogP) is 4.89. The third-order valence-electron chi connectivity index (χ3n) is 5.16. The molecule has 0 saturated carbocycles. The van der Waals surface area contributed by atoms with Gasteiger partial charge in [-0.1, -0.05) is 61.0 Å². The van der Waals surface area contributed by atoms with Crippen molar-refractivity contribution in [2.45, 2.75) is 32.2 Å². The monoisotopic (exact) mass is 470 g/mol. The van der Waals surface area contributed by atoms with Crippen LogP contribution in [0.3, 0.4) is 0 Å². The summed E-state index contributed by atoms with van der Waals surface area (Å²) in [7, 11) is 3.95. The number of fused-ring (bicyclic) bond motifs is 1. The van der Waals surface area contributed by atoms with Crippen LogP contribution in [0.5, 0.6) is 0 Å². The lowest BCUT2D eigenvalue weighted by Gasteiger charge is -2.26. The van der Waals surface area contributed by atoms with Crippen LogP contribution < -0.4 is 10.7 Å². The largest absolute Gasteiger partial charge is 0.451 e. The lowest BCUT2D eigenvalue weighted by atomic mass is 9.86. The molecule has 3 aromatic rings. The van der Waals surface area contributed by atoms with Gasteiger partial charge in [0.1, 0.15) is 5.58 Å². The van der Waals surface area contributed by atoms with Gasteiger partial charge in [-0.25, -0.2) is 0 Å². The zero-order valence-corrected chi connectivity index (χ0v) is 19.5. The van der Waals surface area contributed by atoms with Gasteiger partial charge >= 0.3 is 0 Å². The summed E-state index contributed by atoms with van der Waals surface area (Å²) in [5.41, 5.74) is 2.59. The van der Waals surface area contributed by atoms with Gasteiger partial charge in [-0.2, -0.15) is 0 Å². The maximum absolute atomic E-state index is 12.7. The van der Waals surface area contributed by atoms with E-state index in [-0.39, 0.29) is 22.6 Å². The Morgan fingerprint density at radius 3 is 2.37 bits per heavy atom. The highest BCUT2D eigenvalue weighted by Crippen LogP contribution is 2.25. The number of amides is 1. The Morgan fingerprint density at radius 1 is 1.10 bits per heavy atom. The molecule has 158 valence electrons. The van der Waals surface area contributed by atoms with Crippen molar-refractivity contribution in [2.75, 3.05) is 20.6 Å². The number of benzene rings is 2. The number of nitrogens with one attached hydrogen (secondary N) is 1. The quantitative estimate of drug-likeness (QED) is 0.576. The number of halogens is 1. The Balaban J connectivity index is 1.79. The molecule has 0 unspecified atom stereocenters. The molecule has 0 aliphatic carbocycles. The van der Waals surface area contributed by atoms with Crippen LogP contribution >= 0.6 is 15.9 Å². The zero-order chi connectivity index (χ0) is 22.1. The second-order valence-corrected chi connectivity index (χ2v) is 9.59. The van der Waals surface area contributed by atoms with E-state index in [0.29, 0.717) is 17.5 Å². The molecule has 0 bridgehead atoms. The van der Waals surface area contributed by atoms with Crippen LogP contribution in [-0.2, 0) is 5.41 Å². The van der Waals surface area contributed by atoms with Crippen molar-refractivity contribution in [3.05, 3.63) is 80.1 Å². The Bertz CT molecular complexity index is 1110. The van der Waals surface area contributed by atoms with Gasteiger partial charge in [-0.15, -0.1) is 0 Å². The number of carbonyl (C=O) groups excluding carboxylic acids is 1. The average Bonchev–Trinajstić information content (AvgIpc) is 2.67. The number of likely N-dealkylation sites (N-methyl/N-ethyl adjacent to an activating group) is 1. The normalized spacial score (nSPS) is 12.9. The molecule has 30 heavy (non-hydrogen) atoms. The van der Waals surface area contributed by atoms with E-state index in [1.165, 1.54) is 11.6 Å². The second-order valence-electron chi connectivity index (χ2n) is 8.68. The summed E-state index contributed by atoms with van der Waals surface area (Å²) in [5, 5.41) is 3.35. The third-order valence-corrected chi connectivity index (χ3v) is 5.65. The summed E-state index contributed by atoms with van der Waals surface area (Å²) in [6.45, 7) is 6.94. The Labute approximate surface area is 185 Å².